The molecule has 0 aliphatic rings. The Kier molecular flexibility index (Phi) is 11.0. The van der Waals surface area contributed by atoms with Crippen LogP contribution in [0, 0.1) is 0 Å². The molecule has 0 heterocycles. The van der Waals surface area contributed by atoms with Gasteiger partial charge >= 0.3 is 0 Å². The highest BCUT2D eigenvalue weighted by Gasteiger charge is 2.30. The Labute approximate surface area is 214 Å². The summed E-state index contributed by atoms with van der Waals surface area (Å²) in [5.74, 6) is 0.0221. The second kappa shape index (κ2) is 13.2. The van der Waals surface area contributed by atoms with Gasteiger partial charge in [-0.25, -0.2) is 0 Å². The van der Waals surface area contributed by atoms with Crippen LogP contribution in [0.2, 0.25) is 10.0 Å². The van der Waals surface area contributed by atoms with Gasteiger partial charge in [0.05, 0.1) is 4.47 Å². The zero-order chi connectivity index (χ0) is 24.5. The molecule has 2 amide bonds. The molecule has 0 bridgehead atoms. The molecule has 2 rings (SSSR count). The standard InChI is InChI=1S/C25H31BrCl2N2O3/c1-5-16(4)29-25(32)22(7-3)30(14-18-20(27)9-8-10-21(18)28)24(31)15-33-23-12-11-17(6-2)13-19(23)26/h8-13,16,22H,5-7,14-15H2,1-4H3,(H,29,32)/t16-,22+/m1/s1. The molecule has 0 fully saturated rings. The molecule has 2 atom stereocenters. The predicted octanol–water partition coefficient (Wildman–Crippen LogP) is 6.42. The van der Waals surface area contributed by atoms with Gasteiger partial charge in [0.1, 0.15) is 11.8 Å². The van der Waals surface area contributed by atoms with Crippen LogP contribution in [0.5, 0.6) is 5.75 Å². The average Bonchev–Trinajstić information content (AvgIpc) is 2.79. The average molecular weight is 558 g/mol. The summed E-state index contributed by atoms with van der Waals surface area (Å²) >= 11 is 16.2. The second-order valence-electron chi connectivity index (χ2n) is 7.87. The first-order valence-corrected chi connectivity index (χ1v) is 12.7. The van der Waals surface area contributed by atoms with E-state index in [9.17, 15) is 9.59 Å². The van der Waals surface area contributed by atoms with E-state index in [1.165, 1.54) is 4.90 Å². The lowest BCUT2D eigenvalue weighted by molar-refractivity contribution is -0.143. The van der Waals surface area contributed by atoms with E-state index in [0.717, 1.165) is 22.9 Å². The molecule has 0 unspecified atom stereocenters. The highest BCUT2D eigenvalue weighted by molar-refractivity contribution is 9.10. The predicted molar refractivity (Wildman–Crippen MR) is 138 cm³/mol. The van der Waals surface area contributed by atoms with Crippen LogP contribution in [0.3, 0.4) is 0 Å². The van der Waals surface area contributed by atoms with Crippen LogP contribution in [0.15, 0.2) is 40.9 Å². The fraction of sp³-hybridized carbons (Fsp3) is 0.440. The van der Waals surface area contributed by atoms with Crippen LogP contribution in [0.1, 0.15) is 51.7 Å². The Morgan fingerprint density at radius 2 is 1.76 bits per heavy atom. The van der Waals surface area contributed by atoms with Crippen LogP contribution in [-0.4, -0.2) is 35.4 Å². The summed E-state index contributed by atoms with van der Waals surface area (Å²) in [6.45, 7) is 7.74. The molecule has 0 saturated carbocycles. The van der Waals surface area contributed by atoms with E-state index >= 15 is 0 Å². The van der Waals surface area contributed by atoms with Crippen molar-refractivity contribution in [2.75, 3.05) is 6.61 Å². The number of aryl methyl sites for hydroxylation is 1. The van der Waals surface area contributed by atoms with E-state index in [-0.39, 0.29) is 31.0 Å². The molecular weight excluding hydrogens is 527 g/mol. The van der Waals surface area contributed by atoms with E-state index in [0.29, 0.717) is 27.8 Å². The molecule has 0 aromatic heterocycles. The minimum absolute atomic E-state index is 0.00307. The molecule has 0 radical (unpaired) electrons. The number of carbonyl (C=O) groups excluding carboxylic acids is 2. The monoisotopic (exact) mass is 556 g/mol. The first kappa shape index (κ1) is 27.5. The molecule has 0 spiro atoms. The largest absolute Gasteiger partial charge is 0.483 e. The fourth-order valence-electron chi connectivity index (χ4n) is 3.32. The van der Waals surface area contributed by atoms with E-state index < -0.39 is 6.04 Å². The Balaban J connectivity index is 2.30. The molecule has 180 valence electrons. The number of benzene rings is 2. The van der Waals surface area contributed by atoms with Crippen molar-refractivity contribution in [2.45, 2.75) is 65.6 Å². The summed E-state index contributed by atoms with van der Waals surface area (Å²) < 4.78 is 6.59. The van der Waals surface area contributed by atoms with Gasteiger partial charge in [-0.3, -0.25) is 9.59 Å². The van der Waals surface area contributed by atoms with Crippen molar-refractivity contribution in [1.82, 2.24) is 10.2 Å². The third-order valence-electron chi connectivity index (χ3n) is 5.53. The number of amides is 2. The Morgan fingerprint density at radius 3 is 2.30 bits per heavy atom. The minimum atomic E-state index is -0.687. The topological polar surface area (TPSA) is 58.6 Å². The normalized spacial score (nSPS) is 12.7. The van der Waals surface area contributed by atoms with Gasteiger partial charge in [0.2, 0.25) is 5.91 Å². The summed E-state index contributed by atoms with van der Waals surface area (Å²) in [6, 6.07) is 10.2. The van der Waals surface area contributed by atoms with Gasteiger partial charge in [0, 0.05) is 28.2 Å². The number of nitrogens with zero attached hydrogens (tertiary/aromatic N) is 1. The summed E-state index contributed by atoms with van der Waals surface area (Å²) in [7, 11) is 0. The lowest BCUT2D eigenvalue weighted by Gasteiger charge is -2.32. The van der Waals surface area contributed by atoms with E-state index in [2.05, 4.69) is 28.2 Å². The first-order valence-electron chi connectivity index (χ1n) is 11.2. The lowest BCUT2D eigenvalue weighted by atomic mass is 10.1. The van der Waals surface area contributed by atoms with Crippen molar-refractivity contribution in [2.24, 2.45) is 0 Å². The number of carbonyl (C=O) groups is 2. The smallest absolute Gasteiger partial charge is 0.261 e. The van der Waals surface area contributed by atoms with Gasteiger partial charge < -0.3 is 15.0 Å². The molecule has 1 N–H and O–H groups in total. The molecule has 5 nitrogen and oxygen atoms in total. The summed E-state index contributed by atoms with van der Waals surface area (Å²) in [5, 5.41) is 3.86. The van der Waals surface area contributed by atoms with Crippen molar-refractivity contribution in [1.29, 1.82) is 0 Å². The highest BCUT2D eigenvalue weighted by atomic mass is 79.9. The van der Waals surface area contributed by atoms with Crippen LogP contribution >= 0.6 is 39.1 Å². The molecule has 0 saturated heterocycles. The third kappa shape index (κ3) is 7.62. The number of hydrogen-bond donors (Lipinski definition) is 1. The van der Waals surface area contributed by atoms with Gasteiger partial charge in [-0.2, -0.15) is 0 Å². The van der Waals surface area contributed by atoms with E-state index in [1.807, 2.05) is 39.0 Å². The van der Waals surface area contributed by atoms with Crippen molar-refractivity contribution in [3.8, 4) is 5.75 Å². The highest BCUT2D eigenvalue weighted by Crippen LogP contribution is 2.28. The Hall–Kier alpha value is -1.76. The Morgan fingerprint density at radius 1 is 1.09 bits per heavy atom. The number of ether oxygens (including phenoxy) is 1. The number of hydrogen-bond acceptors (Lipinski definition) is 3. The SMILES string of the molecule is CCc1ccc(OCC(=O)N(Cc2c(Cl)cccc2Cl)[C@@H](CC)C(=O)N[C@H](C)CC)c(Br)c1. The molecule has 8 heteroatoms. The maximum absolute atomic E-state index is 13.4. The maximum Gasteiger partial charge on any atom is 0.261 e. The zero-order valence-corrected chi connectivity index (χ0v) is 22.6. The van der Waals surface area contributed by atoms with Gasteiger partial charge in [0.25, 0.3) is 5.91 Å². The van der Waals surface area contributed by atoms with Gasteiger partial charge in [-0.05, 0) is 71.9 Å². The summed E-state index contributed by atoms with van der Waals surface area (Å²) in [4.78, 5) is 27.9. The molecule has 33 heavy (non-hydrogen) atoms. The molecule has 2 aromatic carbocycles. The number of nitrogens with one attached hydrogen (secondary N) is 1. The molecule has 0 aliphatic heterocycles. The van der Waals surface area contributed by atoms with Crippen molar-refractivity contribution >= 4 is 50.9 Å². The number of rotatable bonds is 11. The second-order valence-corrected chi connectivity index (χ2v) is 9.54. The quantitative estimate of drug-likeness (QED) is 0.347. The van der Waals surface area contributed by atoms with E-state index in [4.69, 9.17) is 27.9 Å². The zero-order valence-electron chi connectivity index (χ0n) is 19.5. The summed E-state index contributed by atoms with van der Waals surface area (Å²) in [5.41, 5.74) is 1.75. The first-order chi connectivity index (χ1) is 15.7. The molecular formula is C25H31BrCl2N2O3. The fourth-order valence-corrected chi connectivity index (χ4v) is 4.38. The summed E-state index contributed by atoms with van der Waals surface area (Å²) in [6.07, 6.45) is 2.12. The van der Waals surface area contributed by atoms with Crippen LogP contribution < -0.4 is 10.1 Å². The van der Waals surface area contributed by atoms with Crippen molar-refractivity contribution in [3.05, 3.63) is 62.0 Å². The van der Waals surface area contributed by atoms with Crippen molar-refractivity contribution in [3.63, 3.8) is 0 Å². The number of halogens is 3. The molecule has 2 aromatic rings. The Bertz CT molecular complexity index is 950. The third-order valence-corrected chi connectivity index (χ3v) is 6.86. The van der Waals surface area contributed by atoms with Crippen LogP contribution in [-0.2, 0) is 22.6 Å². The van der Waals surface area contributed by atoms with Crippen molar-refractivity contribution < 1.29 is 14.3 Å². The van der Waals surface area contributed by atoms with Crippen LogP contribution in [0.4, 0.5) is 0 Å². The van der Waals surface area contributed by atoms with E-state index in [1.54, 1.807) is 18.2 Å². The maximum atomic E-state index is 13.4. The minimum Gasteiger partial charge on any atom is -0.483 e. The lowest BCUT2D eigenvalue weighted by Crippen LogP contribution is -2.51. The molecule has 0 aliphatic carbocycles. The van der Waals surface area contributed by atoms with Gasteiger partial charge in [-0.15, -0.1) is 0 Å². The van der Waals surface area contributed by atoms with Gasteiger partial charge in [-0.1, -0.05) is 56.1 Å². The van der Waals surface area contributed by atoms with Gasteiger partial charge in [0.15, 0.2) is 6.61 Å². The van der Waals surface area contributed by atoms with Crippen LogP contribution in [0.25, 0.3) is 0 Å².